The highest BCUT2D eigenvalue weighted by atomic mass is 35.5. The summed E-state index contributed by atoms with van der Waals surface area (Å²) in [7, 11) is 2.99. The Bertz CT molecular complexity index is 1140. The lowest BCUT2D eigenvalue weighted by molar-refractivity contribution is -0.141. The molecule has 1 heterocycles. The summed E-state index contributed by atoms with van der Waals surface area (Å²) >= 11 is 6.24. The lowest BCUT2D eigenvalue weighted by atomic mass is 9.96. The van der Waals surface area contributed by atoms with E-state index in [0.717, 1.165) is 6.07 Å². The molecule has 2 aromatic carbocycles. The first-order valence-corrected chi connectivity index (χ1v) is 11.1. The highest BCUT2D eigenvalue weighted by Gasteiger charge is 2.32. The number of methoxy groups -OCH3 is 1. The van der Waals surface area contributed by atoms with Gasteiger partial charge in [0.05, 0.1) is 7.11 Å². The third kappa shape index (κ3) is 6.93. The van der Waals surface area contributed by atoms with Gasteiger partial charge in [-0.3, -0.25) is 15.1 Å². The van der Waals surface area contributed by atoms with Crippen LogP contribution in [0, 0.1) is 5.82 Å². The van der Waals surface area contributed by atoms with Crippen molar-refractivity contribution >= 4 is 17.5 Å². The maximum atomic E-state index is 13.5. The second kappa shape index (κ2) is 11.5. The van der Waals surface area contributed by atoms with E-state index >= 15 is 0 Å². The zero-order valence-electron chi connectivity index (χ0n) is 19.0. The number of amides is 1. The van der Waals surface area contributed by atoms with Gasteiger partial charge in [-0.2, -0.15) is 13.2 Å². The average Bonchev–Trinajstić information content (AvgIpc) is 2.84. The van der Waals surface area contributed by atoms with E-state index in [1.54, 1.807) is 18.2 Å². The van der Waals surface area contributed by atoms with Crippen molar-refractivity contribution in [2.45, 2.75) is 31.1 Å². The number of hydrogen-bond acceptors (Lipinski definition) is 4. The van der Waals surface area contributed by atoms with Crippen LogP contribution in [0.2, 0.25) is 5.02 Å². The lowest BCUT2D eigenvalue weighted by Crippen LogP contribution is -2.38. The number of ether oxygens (including phenoxy) is 1. The maximum Gasteiger partial charge on any atom is 0.433 e. The van der Waals surface area contributed by atoms with Gasteiger partial charge >= 0.3 is 6.18 Å². The van der Waals surface area contributed by atoms with Gasteiger partial charge in [-0.25, -0.2) is 4.39 Å². The highest BCUT2D eigenvalue weighted by Crippen LogP contribution is 2.33. The molecule has 0 saturated heterocycles. The summed E-state index contributed by atoms with van der Waals surface area (Å²) in [6, 6.07) is 11.6. The molecule has 5 nitrogen and oxygen atoms in total. The number of hydrogen-bond donors (Lipinski definition) is 2. The molecule has 1 unspecified atom stereocenters. The number of aryl methyl sites for hydroxylation is 1. The summed E-state index contributed by atoms with van der Waals surface area (Å²) in [5, 5.41) is 6.34. The van der Waals surface area contributed by atoms with Crippen LogP contribution in [0.5, 0.6) is 5.75 Å². The van der Waals surface area contributed by atoms with Crippen molar-refractivity contribution < 1.29 is 27.1 Å². The van der Waals surface area contributed by atoms with Gasteiger partial charge in [0.2, 0.25) is 5.91 Å². The monoisotopic (exact) mass is 509 g/mol. The summed E-state index contributed by atoms with van der Waals surface area (Å²) in [5.74, 6) is -0.265. The predicted octanol–water partition coefficient (Wildman–Crippen LogP) is 5.65. The molecule has 0 radical (unpaired) electrons. The summed E-state index contributed by atoms with van der Waals surface area (Å²) < 4.78 is 57.5. The summed E-state index contributed by atoms with van der Waals surface area (Å²) in [4.78, 5) is 16.3. The molecule has 3 rings (SSSR count). The molecule has 0 aliphatic carbocycles. The molecule has 0 spiro atoms. The van der Waals surface area contributed by atoms with Crippen LogP contribution >= 0.6 is 11.6 Å². The third-order valence-electron chi connectivity index (χ3n) is 5.48. The predicted molar refractivity (Wildman–Crippen MR) is 125 cm³/mol. The Morgan fingerprint density at radius 3 is 2.40 bits per heavy atom. The molecule has 2 atom stereocenters. The molecule has 0 fully saturated rings. The van der Waals surface area contributed by atoms with Gasteiger partial charge < -0.3 is 10.1 Å². The Morgan fingerprint density at radius 1 is 1.11 bits per heavy atom. The Balaban J connectivity index is 1.94. The van der Waals surface area contributed by atoms with E-state index in [1.807, 2.05) is 0 Å². The summed E-state index contributed by atoms with van der Waals surface area (Å²) in [6.45, 7) is 0. The SMILES string of the molecule is CNC(=O)C(N[C@H](CCc1ccc(C(F)(F)F)nc1)c1cc(Cl)ccc1OC)c1ccc(F)cc1. The third-order valence-corrected chi connectivity index (χ3v) is 5.72. The van der Waals surface area contributed by atoms with Crippen LogP contribution in [0.15, 0.2) is 60.8 Å². The molecule has 0 bridgehead atoms. The van der Waals surface area contributed by atoms with Crippen molar-refractivity contribution in [1.29, 1.82) is 0 Å². The van der Waals surface area contributed by atoms with E-state index in [0.29, 0.717) is 40.3 Å². The van der Waals surface area contributed by atoms with Crippen LogP contribution < -0.4 is 15.4 Å². The summed E-state index contributed by atoms with van der Waals surface area (Å²) in [5.41, 5.74) is 0.816. The lowest BCUT2D eigenvalue weighted by Gasteiger charge is -2.27. The molecule has 3 aromatic rings. The first-order chi connectivity index (χ1) is 16.6. The van der Waals surface area contributed by atoms with E-state index in [9.17, 15) is 22.4 Å². The number of halogens is 5. The Kier molecular flexibility index (Phi) is 8.69. The average molecular weight is 510 g/mol. The van der Waals surface area contributed by atoms with Gasteiger partial charge in [0.1, 0.15) is 23.3 Å². The van der Waals surface area contributed by atoms with Gasteiger partial charge in [-0.1, -0.05) is 29.8 Å². The quantitative estimate of drug-likeness (QED) is 0.366. The molecule has 186 valence electrons. The fourth-order valence-electron chi connectivity index (χ4n) is 3.68. The number of carbonyl (C=O) groups is 1. The van der Waals surface area contributed by atoms with Crippen LogP contribution in [0.3, 0.4) is 0 Å². The number of nitrogens with zero attached hydrogens (tertiary/aromatic N) is 1. The fraction of sp³-hybridized carbons (Fsp3) is 0.280. The first-order valence-electron chi connectivity index (χ1n) is 10.7. The number of alkyl halides is 3. The molecule has 1 aromatic heterocycles. The minimum absolute atomic E-state index is 0.348. The molecular formula is C25H24ClF4N3O2. The molecule has 0 aliphatic rings. The van der Waals surface area contributed by atoms with Crippen molar-refractivity contribution in [2.24, 2.45) is 0 Å². The minimum atomic E-state index is -4.52. The second-order valence-electron chi connectivity index (χ2n) is 7.79. The van der Waals surface area contributed by atoms with Crippen molar-refractivity contribution in [2.75, 3.05) is 14.2 Å². The molecule has 10 heteroatoms. The molecule has 35 heavy (non-hydrogen) atoms. The van der Waals surface area contributed by atoms with Crippen molar-refractivity contribution in [3.63, 3.8) is 0 Å². The van der Waals surface area contributed by atoms with Gasteiger partial charge in [0.15, 0.2) is 0 Å². The first kappa shape index (κ1) is 26.4. The van der Waals surface area contributed by atoms with Gasteiger partial charge in [-0.15, -0.1) is 0 Å². The number of pyridine rings is 1. The number of likely N-dealkylation sites (N-methyl/N-ethyl adjacent to an activating group) is 1. The number of rotatable bonds is 9. The van der Waals surface area contributed by atoms with E-state index < -0.39 is 29.8 Å². The number of nitrogens with one attached hydrogen (secondary N) is 2. The second-order valence-corrected chi connectivity index (χ2v) is 8.23. The van der Waals surface area contributed by atoms with Gasteiger partial charge in [0.25, 0.3) is 0 Å². The van der Waals surface area contributed by atoms with Crippen molar-refractivity contribution in [3.8, 4) is 5.75 Å². The Morgan fingerprint density at radius 2 is 1.83 bits per heavy atom. The fourth-order valence-corrected chi connectivity index (χ4v) is 3.86. The van der Waals surface area contributed by atoms with Crippen LogP contribution in [-0.4, -0.2) is 25.0 Å². The number of carbonyl (C=O) groups excluding carboxylic acids is 1. The minimum Gasteiger partial charge on any atom is -0.496 e. The largest absolute Gasteiger partial charge is 0.496 e. The zero-order chi connectivity index (χ0) is 25.6. The van der Waals surface area contributed by atoms with Crippen molar-refractivity contribution in [3.05, 3.63) is 94.0 Å². The molecular weight excluding hydrogens is 486 g/mol. The maximum absolute atomic E-state index is 13.5. The number of benzene rings is 2. The Labute approximate surface area is 205 Å². The van der Waals surface area contributed by atoms with E-state index in [2.05, 4.69) is 15.6 Å². The van der Waals surface area contributed by atoms with Crippen LogP contribution in [0.4, 0.5) is 17.6 Å². The molecule has 1 amide bonds. The van der Waals surface area contributed by atoms with Gasteiger partial charge in [0, 0.05) is 29.9 Å². The van der Waals surface area contributed by atoms with E-state index in [4.69, 9.17) is 16.3 Å². The normalized spacial score (nSPS) is 13.2. The van der Waals surface area contributed by atoms with Crippen LogP contribution in [0.25, 0.3) is 0 Å². The molecule has 0 aliphatic heterocycles. The number of aromatic nitrogens is 1. The van der Waals surface area contributed by atoms with Crippen molar-refractivity contribution in [1.82, 2.24) is 15.6 Å². The zero-order valence-corrected chi connectivity index (χ0v) is 19.8. The highest BCUT2D eigenvalue weighted by molar-refractivity contribution is 6.30. The molecule has 0 saturated carbocycles. The van der Waals surface area contributed by atoms with Crippen LogP contribution in [-0.2, 0) is 17.4 Å². The van der Waals surface area contributed by atoms with E-state index in [1.165, 1.54) is 50.7 Å². The van der Waals surface area contributed by atoms with Crippen LogP contribution in [0.1, 0.15) is 40.9 Å². The van der Waals surface area contributed by atoms with Gasteiger partial charge in [-0.05, 0) is 60.4 Å². The topological polar surface area (TPSA) is 63.2 Å². The van der Waals surface area contributed by atoms with E-state index in [-0.39, 0.29) is 5.91 Å². The summed E-state index contributed by atoms with van der Waals surface area (Å²) in [6.07, 6.45) is -2.61. The standard InChI is InChI=1S/C25H24ClF4N3O2/c1-31-24(34)23(16-5-8-18(27)9-6-16)33-20(19-13-17(26)7-11-21(19)35-2)10-3-15-4-12-22(32-14-15)25(28,29)30/h4-9,11-14,20,23,33H,3,10H2,1-2H3,(H,31,34)/t20-,23?/m1/s1. The smallest absolute Gasteiger partial charge is 0.433 e. The molecule has 2 N–H and O–H groups in total. The Hall–Kier alpha value is -3.17.